The first-order chi connectivity index (χ1) is 10.4. The zero-order chi connectivity index (χ0) is 16.5. The minimum atomic E-state index is -0.215. The highest BCUT2D eigenvalue weighted by molar-refractivity contribution is 5.95. The molecule has 0 aliphatic heterocycles. The Labute approximate surface area is 130 Å². The quantitative estimate of drug-likeness (QED) is 0.668. The van der Waals surface area contributed by atoms with Gasteiger partial charge in [-0.15, -0.1) is 0 Å². The number of rotatable bonds is 7. The molecule has 1 rings (SSSR count). The molecule has 1 aromatic rings. The van der Waals surface area contributed by atoms with Gasteiger partial charge in [-0.05, 0) is 30.2 Å². The predicted molar refractivity (Wildman–Crippen MR) is 85.5 cm³/mol. The molecular weight excluding hydrogens is 282 g/mol. The molecule has 1 aromatic carbocycles. The number of nitrogens with one attached hydrogen (secondary N) is 3. The van der Waals surface area contributed by atoms with Gasteiger partial charge in [-0.3, -0.25) is 14.4 Å². The minimum absolute atomic E-state index is 0.0103. The second-order valence-electron chi connectivity index (χ2n) is 5.46. The largest absolute Gasteiger partial charge is 0.354 e. The molecule has 0 atom stereocenters. The Kier molecular flexibility index (Phi) is 7.08. The molecule has 6 nitrogen and oxygen atoms in total. The van der Waals surface area contributed by atoms with Crippen LogP contribution in [0.1, 0.15) is 37.6 Å². The number of benzene rings is 1. The highest BCUT2D eigenvalue weighted by Gasteiger charge is 2.06. The summed E-state index contributed by atoms with van der Waals surface area (Å²) in [6.07, 6.45) is 0.485. The summed E-state index contributed by atoms with van der Waals surface area (Å²) in [5.41, 5.74) is 1.15. The fraction of sp³-hybridized carbons (Fsp3) is 0.438. The van der Waals surface area contributed by atoms with Crippen molar-refractivity contribution in [3.05, 3.63) is 29.8 Å². The third-order valence-electron chi connectivity index (χ3n) is 2.79. The molecule has 0 bridgehead atoms. The maximum atomic E-state index is 11.9. The molecule has 22 heavy (non-hydrogen) atoms. The van der Waals surface area contributed by atoms with Crippen molar-refractivity contribution >= 4 is 23.4 Å². The van der Waals surface area contributed by atoms with Gasteiger partial charge in [-0.1, -0.05) is 13.8 Å². The van der Waals surface area contributed by atoms with E-state index in [4.69, 9.17) is 0 Å². The standard InChI is InChI=1S/C16H23N3O3/c1-11(2)10-15(21)17-8-9-18-16(22)13-4-6-14(7-5-13)19-12(3)20/h4-7,11H,8-10H2,1-3H3,(H,17,21)(H,18,22)(H,19,20). The van der Waals surface area contributed by atoms with Crippen LogP contribution in [0.3, 0.4) is 0 Å². The third kappa shape index (κ3) is 6.88. The van der Waals surface area contributed by atoms with Gasteiger partial charge in [0.1, 0.15) is 0 Å². The Morgan fingerprint density at radius 3 is 2.14 bits per heavy atom. The average Bonchev–Trinajstić information content (AvgIpc) is 2.42. The second kappa shape index (κ2) is 8.81. The van der Waals surface area contributed by atoms with E-state index in [0.29, 0.717) is 36.7 Å². The topological polar surface area (TPSA) is 87.3 Å². The first-order valence-electron chi connectivity index (χ1n) is 7.31. The number of carbonyl (C=O) groups is 3. The zero-order valence-corrected chi connectivity index (χ0v) is 13.2. The molecule has 0 saturated heterocycles. The molecule has 120 valence electrons. The van der Waals surface area contributed by atoms with E-state index >= 15 is 0 Å². The molecule has 3 amide bonds. The van der Waals surface area contributed by atoms with Crippen molar-refractivity contribution in [1.82, 2.24) is 10.6 Å². The van der Waals surface area contributed by atoms with Crippen LogP contribution in [0.5, 0.6) is 0 Å². The molecule has 0 aromatic heterocycles. The van der Waals surface area contributed by atoms with Crippen molar-refractivity contribution in [2.45, 2.75) is 27.2 Å². The lowest BCUT2D eigenvalue weighted by atomic mass is 10.1. The molecule has 0 radical (unpaired) electrons. The summed E-state index contributed by atoms with van der Waals surface area (Å²) >= 11 is 0. The molecule has 0 unspecified atom stereocenters. The lowest BCUT2D eigenvalue weighted by Gasteiger charge is -2.09. The van der Waals surface area contributed by atoms with Gasteiger partial charge >= 0.3 is 0 Å². The molecule has 0 heterocycles. The zero-order valence-electron chi connectivity index (χ0n) is 13.2. The van der Waals surface area contributed by atoms with Gasteiger partial charge in [-0.2, -0.15) is 0 Å². The van der Waals surface area contributed by atoms with Crippen molar-refractivity contribution in [3.8, 4) is 0 Å². The molecule has 6 heteroatoms. The normalized spacial score (nSPS) is 10.2. The van der Waals surface area contributed by atoms with E-state index in [2.05, 4.69) is 16.0 Å². The van der Waals surface area contributed by atoms with Crippen LogP contribution in [-0.4, -0.2) is 30.8 Å². The van der Waals surface area contributed by atoms with Gasteiger partial charge in [0.25, 0.3) is 5.91 Å². The Hall–Kier alpha value is -2.37. The van der Waals surface area contributed by atoms with Gasteiger partial charge in [0.15, 0.2) is 0 Å². The summed E-state index contributed by atoms with van der Waals surface area (Å²) in [5, 5.41) is 8.11. The van der Waals surface area contributed by atoms with E-state index in [-0.39, 0.29) is 17.7 Å². The second-order valence-corrected chi connectivity index (χ2v) is 5.46. The summed E-state index contributed by atoms with van der Waals surface area (Å²) < 4.78 is 0. The summed E-state index contributed by atoms with van der Waals surface area (Å²) in [6, 6.07) is 6.61. The average molecular weight is 305 g/mol. The number of hydrogen-bond acceptors (Lipinski definition) is 3. The first-order valence-corrected chi connectivity index (χ1v) is 7.31. The van der Waals surface area contributed by atoms with Gasteiger partial charge in [0.2, 0.25) is 11.8 Å². The Bertz CT molecular complexity index is 524. The van der Waals surface area contributed by atoms with E-state index in [1.54, 1.807) is 24.3 Å². The van der Waals surface area contributed by atoms with Crippen LogP contribution in [0.2, 0.25) is 0 Å². The number of anilines is 1. The number of carbonyl (C=O) groups excluding carboxylic acids is 3. The van der Waals surface area contributed by atoms with E-state index in [0.717, 1.165) is 0 Å². The van der Waals surface area contributed by atoms with Crippen LogP contribution in [0.4, 0.5) is 5.69 Å². The van der Waals surface area contributed by atoms with Gasteiger partial charge in [-0.25, -0.2) is 0 Å². The maximum Gasteiger partial charge on any atom is 0.251 e. The smallest absolute Gasteiger partial charge is 0.251 e. The molecule has 0 spiro atoms. The van der Waals surface area contributed by atoms with Crippen LogP contribution >= 0.6 is 0 Å². The number of hydrogen-bond donors (Lipinski definition) is 3. The summed E-state index contributed by atoms with van der Waals surface area (Å²) in [7, 11) is 0. The SMILES string of the molecule is CC(=O)Nc1ccc(C(=O)NCCNC(=O)CC(C)C)cc1. The third-order valence-corrected chi connectivity index (χ3v) is 2.79. The summed E-state index contributed by atoms with van der Waals surface area (Å²) in [5.74, 6) is -0.0672. The van der Waals surface area contributed by atoms with Crippen molar-refractivity contribution in [2.75, 3.05) is 18.4 Å². The van der Waals surface area contributed by atoms with E-state index in [9.17, 15) is 14.4 Å². The van der Waals surface area contributed by atoms with Crippen molar-refractivity contribution in [1.29, 1.82) is 0 Å². The highest BCUT2D eigenvalue weighted by atomic mass is 16.2. The molecule has 0 fully saturated rings. The van der Waals surface area contributed by atoms with Crippen molar-refractivity contribution in [2.24, 2.45) is 5.92 Å². The number of amides is 3. The van der Waals surface area contributed by atoms with E-state index < -0.39 is 0 Å². The lowest BCUT2D eigenvalue weighted by Crippen LogP contribution is -2.35. The van der Waals surface area contributed by atoms with Gasteiger partial charge < -0.3 is 16.0 Å². The molecule has 3 N–H and O–H groups in total. The van der Waals surface area contributed by atoms with E-state index in [1.807, 2.05) is 13.8 Å². The fourth-order valence-electron chi connectivity index (χ4n) is 1.83. The summed E-state index contributed by atoms with van der Waals surface area (Å²) in [6.45, 7) is 6.16. The minimum Gasteiger partial charge on any atom is -0.354 e. The van der Waals surface area contributed by atoms with Crippen LogP contribution in [0.25, 0.3) is 0 Å². The van der Waals surface area contributed by atoms with Gasteiger partial charge in [0, 0.05) is 37.7 Å². The predicted octanol–water partition coefficient (Wildman–Crippen LogP) is 1.54. The van der Waals surface area contributed by atoms with Crippen LogP contribution < -0.4 is 16.0 Å². The Balaban J connectivity index is 2.33. The molecule has 0 aliphatic rings. The molecule has 0 saturated carbocycles. The highest BCUT2D eigenvalue weighted by Crippen LogP contribution is 2.09. The fourth-order valence-corrected chi connectivity index (χ4v) is 1.83. The van der Waals surface area contributed by atoms with E-state index in [1.165, 1.54) is 6.92 Å². The Morgan fingerprint density at radius 1 is 1.00 bits per heavy atom. The lowest BCUT2D eigenvalue weighted by molar-refractivity contribution is -0.121. The Morgan fingerprint density at radius 2 is 1.59 bits per heavy atom. The molecular formula is C16H23N3O3. The maximum absolute atomic E-state index is 11.9. The van der Waals surface area contributed by atoms with Crippen LogP contribution in [0, 0.1) is 5.92 Å². The van der Waals surface area contributed by atoms with Crippen molar-refractivity contribution < 1.29 is 14.4 Å². The van der Waals surface area contributed by atoms with Crippen LogP contribution in [0.15, 0.2) is 24.3 Å². The van der Waals surface area contributed by atoms with Crippen LogP contribution in [-0.2, 0) is 9.59 Å². The van der Waals surface area contributed by atoms with Gasteiger partial charge in [0.05, 0.1) is 0 Å². The first kappa shape index (κ1) is 17.7. The molecule has 0 aliphatic carbocycles. The monoisotopic (exact) mass is 305 g/mol. The van der Waals surface area contributed by atoms with Crippen molar-refractivity contribution in [3.63, 3.8) is 0 Å². The summed E-state index contributed by atoms with van der Waals surface area (Å²) in [4.78, 5) is 34.2.